The number of halogens is 2. The smallest absolute Gasteiger partial charge is 0.356 e. The Bertz CT molecular complexity index is 3090. The molecule has 7 amide bonds. The van der Waals surface area contributed by atoms with Crippen molar-refractivity contribution in [3.8, 4) is 11.8 Å². The highest BCUT2D eigenvalue weighted by molar-refractivity contribution is 7.90. The zero-order valence-electron chi connectivity index (χ0n) is 39.7. The van der Waals surface area contributed by atoms with Gasteiger partial charge in [0.05, 0.1) is 9.77 Å². The Hall–Kier alpha value is -6.37. The number of anilines is 1. The lowest BCUT2D eigenvalue weighted by molar-refractivity contribution is -0.141. The van der Waals surface area contributed by atoms with Crippen LogP contribution in [0.5, 0.6) is 0 Å². The van der Waals surface area contributed by atoms with Gasteiger partial charge in [0.1, 0.15) is 18.1 Å². The quantitative estimate of drug-likeness (QED) is 0.0466. The van der Waals surface area contributed by atoms with Crippen LogP contribution in [-0.2, 0) is 50.6 Å². The summed E-state index contributed by atoms with van der Waals surface area (Å²) in [5.74, 6) is 2.73. The Kier molecular flexibility index (Phi) is 15.6. The molecule has 0 aliphatic carbocycles. The third kappa shape index (κ3) is 11.6. The first-order valence-corrected chi connectivity index (χ1v) is 27.3. The second kappa shape index (κ2) is 21.0. The second-order valence-electron chi connectivity index (χ2n) is 18.9. The van der Waals surface area contributed by atoms with E-state index in [1.165, 1.54) is 51.1 Å². The van der Waals surface area contributed by atoms with Crippen molar-refractivity contribution in [2.45, 2.75) is 101 Å². The number of nitrogens with one attached hydrogen (secondary N) is 3. The standard InChI is InChI=1S/C49H53F2N6O12PS2/c1-48(2,3)42(54-44(61)39-27-30-26-31(14-20-38(30)71-39)49(50,51)70(65,66)67)47(64)56-24-9-13-37(56)46(63)55(32-15-17-33(18-16-32)72(4,68)69)25-22-40(58)52-23-7-5-6-10-29-11-8-12-34-35(29)28-57(45(34)62)36-19-21-41(59)53-43(36)60/h8,11-12,14-18,20,26-27,36-37,42H,5,7,9,13,19,21-25,28H2,1-4H3,(H,52,58)(H,54,61)(H,53,59,60)(H2,65,66,67)/t36?,37-,42+/m0/s1. The zero-order valence-corrected chi connectivity index (χ0v) is 42.2. The number of rotatable bonds is 15. The van der Waals surface area contributed by atoms with Gasteiger partial charge in [-0.3, -0.25) is 43.4 Å². The van der Waals surface area contributed by atoms with Crippen molar-refractivity contribution in [2.24, 2.45) is 5.41 Å². The van der Waals surface area contributed by atoms with Gasteiger partial charge in [0.25, 0.3) is 11.8 Å². The number of piperidine rings is 1. The summed E-state index contributed by atoms with van der Waals surface area (Å²) >= 11 is 0.921. The monoisotopic (exact) mass is 1050 g/mol. The van der Waals surface area contributed by atoms with Gasteiger partial charge in [-0.25, -0.2) is 8.42 Å². The van der Waals surface area contributed by atoms with Crippen LogP contribution in [0, 0.1) is 17.3 Å². The summed E-state index contributed by atoms with van der Waals surface area (Å²) < 4.78 is 65.5. The highest BCUT2D eigenvalue weighted by Gasteiger charge is 2.50. The molecule has 0 saturated carbocycles. The van der Waals surface area contributed by atoms with Crippen molar-refractivity contribution < 1.29 is 65.1 Å². The molecule has 2 saturated heterocycles. The molecule has 3 atom stereocenters. The van der Waals surface area contributed by atoms with Crippen LogP contribution in [-0.4, -0.2) is 113 Å². The molecule has 3 aliphatic heterocycles. The minimum Gasteiger partial charge on any atom is -0.356 e. The van der Waals surface area contributed by atoms with E-state index in [1.807, 2.05) is 0 Å². The third-order valence-corrected chi connectivity index (χ3v) is 15.9. The summed E-state index contributed by atoms with van der Waals surface area (Å²) in [4.78, 5) is 116. The lowest BCUT2D eigenvalue weighted by atomic mass is 9.85. The Morgan fingerprint density at radius 2 is 1.74 bits per heavy atom. The number of imide groups is 1. The zero-order chi connectivity index (χ0) is 52.5. The maximum atomic E-state index is 14.6. The van der Waals surface area contributed by atoms with Crippen LogP contribution >= 0.6 is 18.9 Å². The average molecular weight is 1050 g/mol. The molecular formula is C49H53F2N6O12PS2. The van der Waals surface area contributed by atoms with Gasteiger partial charge in [0.2, 0.25) is 29.5 Å². The maximum Gasteiger partial charge on any atom is 0.399 e. The fraction of sp³-hybridized carbons (Fsp3) is 0.408. The molecule has 0 spiro atoms. The normalized spacial score (nSPS) is 17.8. The number of hydrogen-bond acceptors (Lipinski definition) is 11. The molecule has 2 fully saturated rings. The molecule has 0 bridgehead atoms. The molecule has 18 nitrogen and oxygen atoms in total. The van der Waals surface area contributed by atoms with Gasteiger partial charge in [-0.2, -0.15) is 8.78 Å². The maximum absolute atomic E-state index is 14.6. The number of carbonyl (C=O) groups excluding carboxylic acids is 7. The molecule has 5 N–H and O–H groups in total. The first-order valence-electron chi connectivity index (χ1n) is 23.0. The minimum atomic E-state index is -5.86. The van der Waals surface area contributed by atoms with Crippen molar-refractivity contribution in [1.82, 2.24) is 25.8 Å². The number of likely N-dealkylation sites (tertiary alicyclic amines) is 1. The van der Waals surface area contributed by atoms with Gasteiger partial charge in [-0.05, 0) is 96.6 Å². The summed E-state index contributed by atoms with van der Waals surface area (Å²) in [5, 5.41) is 8.00. The highest BCUT2D eigenvalue weighted by Crippen LogP contribution is 2.59. The first-order chi connectivity index (χ1) is 33.8. The molecule has 7 rings (SSSR count). The van der Waals surface area contributed by atoms with Crippen LogP contribution in [0.25, 0.3) is 10.1 Å². The van der Waals surface area contributed by atoms with Crippen molar-refractivity contribution in [2.75, 3.05) is 30.8 Å². The molecule has 1 aromatic heterocycles. The van der Waals surface area contributed by atoms with E-state index in [0.29, 0.717) is 40.7 Å². The summed E-state index contributed by atoms with van der Waals surface area (Å²) in [7, 11) is -9.47. The van der Waals surface area contributed by atoms with Gasteiger partial charge in [0, 0.05) is 78.8 Å². The molecule has 4 heterocycles. The van der Waals surface area contributed by atoms with Crippen molar-refractivity contribution in [3.05, 3.63) is 93.9 Å². The van der Waals surface area contributed by atoms with Crippen LogP contribution in [0.2, 0.25) is 0 Å². The number of benzene rings is 3. The lowest BCUT2D eigenvalue weighted by Crippen LogP contribution is -2.58. The molecule has 4 aromatic rings. The van der Waals surface area contributed by atoms with Crippen LogP contribution in [0.1, 0.15) is 102 Å². The Labute approximate surface area is 418 Å². The van der Waals surface area contributed by atoms with E-state index in [-0.39, 0.29) is 84.5 Å². The molecular weight excluding hydrogens is 998 g/mol. The van der Waals surface area contributed by atoms with Gasteiger partial charge >= 0.3 is 13.3 Å². The van der Waals surface area contributed by atoms with E-state index in [2.05, 4.69) is 27.8 Å². The number of sulfone groups is 1. The van der Waals surface area contributed by atoms with Crippen LogP contribution < -0.4 is 20.9 Å². The molecule has 1 unspecified atom stereocenters. The number of alkyl halides is 2. The van der Waals surface area contributed by atoms with Crippen molar-refractivity contribution >= 4 is 85.9 Å². The number of unbranched alkanes of at least 4 members (excludes halogenated alkanes) is 1. The topological polar surface area (TPSA) is 257 Å². The van der Waals surface area contributed by atoms with Crippen molar-refractivity contribution in [1.29, 1.82) is 0 Å². The van der Waals surface area contributed by atoms with Gasteiger partial charge in [-0.15, -0.1) is 11.3 Å². The number of thiophene rings is 1. The molecule has 23 heteroatoms. The van der Waals surface area contributed by atoms with Gasteiger partial charge in [-0.1, -0.05) is 44.7 Å². The highest BCUT2D eigenvalue weighted by atomic mass is 32.2. The average Bonchev–Trinajstić information content (AvgIpc) is 4.06. The van der Waals surface area contributed by atoms with E-state index in [0.717, 1.165) is 29.7 Å². The van der Waals surface area contributed by atoms with Crippen molar-refractivity contribution in [3.63, 3.8) is 0 Å². The van der Waals surface area contributed by atoms with E-state index in [9.17, 15) is 65.1 Å². The number of nitrogens with zero attached hydrogens (tertiary/aromatic N) is 3. The predicted molar refractivity (Wildman–Crippen MR) is 261 cm³/mol. The van der Waals surface area contributed by atoms with E-state index in [1.54, 1.807) is 39.0 Å². The predicted octanol–water partition coefficient (Wildman–Crippen LogP) is 4.80. The van der Waals surface area contributed by atoms with Gasteiger partial charge < -0.3 is 35.1 Å². The summed E-state index contributed by atoms with van der Waals surface area (Å²) in [6.07, 6.45) is 2.72. The fourth-order valence-electron chi connectivity index (χ4n) is 8.80. The number of carbonyl (C=O) groups is 7. The van der Waals surface area contributed by atoms with Crippen LogP contribution in [0.3, 0.4) is 0 Å². The molecule has 72 heavy (non-hydrogen) atoms. The number of fused-ring (bicyclic) bond motifs is 2. The molecule has 3 aliphatic rings. The van der Waals surface area contributed by atoms with Gasteiger partial charge in [0.15, 0.2) is 9.84 Å². The van der Waals surface area contributed by atoms with E-state index >= 15 is 0 Å². The molecule has 0 radical (unpaired) electrons. The Balaban J connectivity index is 0.997. The van der Waals surface area contributed by atoms with Crippen LogP contribution in [0.4, 0.5) is 14.5 Å². The summed E-state index contributed by atoms with van der Waals surface area (Å²) in [6, 6.07) is 12.0. The van der Waals surface area contributed by atoms with Crippen LogP contribution in [0.15, 0.2) is 71.6 Å². The SMILES string of the molecule is CC(C)(C)[C@H](NC(=O)c1cc2cc(C(F)(F)P(=O)(O)O)ccc2s1)C(=O)N1CCC[C@H]1C(=O)N(CCC(=O)NCCCC#Cc1cccc2c1CN(C1CCC(=O)NC1=O)C2=O)c1ccc(S(C)(=O)=O)cc1. The first kappa shape index (κ1) is 53.4. The summed E-state index contributed by atoms with van der Waals surface area (Å²) in [6.45, 7) is 5.54. The number of hydrogen-bond donors (Lipinski definition) is 5. The lowest BCUT2D eigenvalue weighted by Gasteiger charge is -2.36. The largest absolute Gasteiger partial charge is 0.399 e. The van der Waals surface area contributed by atoms with E-state index < -0.39 is 81.7 Å². The fourth-order valence-corrected chi connectivity index (χ4v) is 10.9. The second-order valence-corrected chi connectivity index (χ2v) is 23.7. The van der Waals surface area contributed by atoms with E-state index in [4.69, 9.17) is 0 Å². The minimum absolute atomic E-state index is 0.00147. The third-order valence-electron chi connectivity index (χ3n) is 12.7. The summed E-state index contributed by atoms with van der Waals surface area (Å²) in [5.41, 5.74) is -4.30. The Morgan fingerprint density at radius 3 is 2.40 bits per heavy atom. The molecule has 3 aromatic carbocycles. The molecule has 382 valence electrons. The number of amides is 7. The Morgan fingerprint density at radius 1 is 1.01 bits per heavy atom.